The van der Waals surface area contributed by atoms with Gasteiger partial charge >= 0.3 is 0 Å². The topological polar surface area (TPSA) is 61.8 Å². The number of aliphatic hydroxyl groups is 1. The maximum atomic E-state index is 9.40. The van der Waals surface area contributed by atoms with Gasteiger partial charge in [0.25, 0.3) is 0 Å². The Labute approximate surface area is 117 Å². The van der Waals surface area contributed by atoms with E-state index >= 15 is 0 Å². The van der Waals surface area contributed by atoms with Crippen LogP contribution in [0.25, 0.3) is 22.4 Å². The van der Waals surface area contributed by atoms with Crippen molar-refractivity contribution in [3.8, 4) is 11.4 Å². The molecule has 0 saturated carbocycles. The molecule has 0 amide bonds. The van der Waals surface area contributed by atoms with Crippen molar-refractivity contribution in [2.24, 2.45) is 0 Å². The Kier molecular flexibility index (Phi) is 3.48. The highest BCUT2D eigenvalue weighted by Crippen LogP contribution is 2.25. The number of aliphatic hydroxyl groups excluding tert-OH is 1. The number of hydrogen-bond donors (Lipinski definition) is 2. The molecule has 1 unspecified atom stereocenters. The van der Waals surface area contributed by atoms with Crippen LogP contribution < -0.4 is 0 Å². The quantitative estimate of drug-likeness (QED) is 0.763. The van der Waals surface area contributed by atoms with Gasteiger partial charge in [-0.25, -0.2) is 4.98 Å². The van der Waals surface area contributed by atoms with E-state index in [9.17, 15) is 5.11 Å². The molecular weight excluding hydrogens is 250 g/mol. The summed E-state index contributed by atoms with van der Waals surface area (Å²) in [5.74, 6) is 1.03. The van der Waals surface area contributed by atoms with Gasteiger partial charge in [-0.15, -0.1) is 0 Å². The molecule has 3 aromatic rings. The van der Waals surface area contributed by atoms with Crippen LogP contribution in [-0.4, -0.2) is 26.7 Å². The second-order valence-corrected chi connectivity index (χ2v) is 4.89. The largest absolute Gasteiger partial charge is 0.396 e. The predicted octanol–water partition coefficient (Wildman–Crippen LogP) is 3.11. The molecule has 0 spiro atoms. The molecule has 2 N–H and O–H groups in total. The molecule has 20 heavy (non-hydrogen) atoms. The van der Waals surface area contributed by atoms with Crippen molar-refractivity contribution in [2.45, 2.75) is 19.3 Å². The fourth-order valence-electron chi connectivity index (χ4n) is 2.40. The number of H-pyrrole nitrogens is 1. The molecule has 0 aliphatic rings. The molecule has 4 heteroatoms. The van der Waals surface area contributed by atoms with Gasteiger partial charge in [-0.3, -0.25) is 4.98 Å². The first kappa shape index (κ1) is 12.8. The molecule has 0 saturated heterocycles. The summed E-state index contributed by atoms with van der Waals surface area (Å²) in [6, 6.07) is 9.99. The zero-order valence-electron chi connectivity index (χ0n) is 11.4. The van der Waals surface area contributed by atoms with Gasteiger partial charge in [0.2, 0.25) is 0 Å². The van der Waals surface area contributed by atoms with E-state index in [-0.39, 0.29) is 12.5 Å². The van der Waals surface area contributed by atoms with Gasteiger partial charge in [0.1, 0.15) is 5.82 Å². The fourth-order valence-corrected chi connectivity index (χ4v) is 2.40. The summed E-state index contributed by atoms with van der Waals surface area (Å²) in [6.07, 6.45) is 4.44. The highest BCUT2D eigenvalue weighted by atomic mass is 16.3. The van der Waals surface area contributed by atoms with Gasteiger partial charge in [0, 0.05) is 30.5 Å². The number of aromatic amines is 1. The predicted molar refractivity (Wildman–Crippen MR) is 79.4 cm³/mol. The summed E-state index contributed by atoms with van der Waals surface area (Å²) in [6.45, 7) is 2.26. The van der Waals surface area contributed by atoms with E-state index in [1.54, 1.807) is 12.4 Å². The van der Waals surface area contributed by atoms with E-state index < -0.39 is 0 Å². The molecule has 0 aliphatic carbocycles. The van der Waals surface area contributed by atoms with Gasteiger partial charge in [-0.2, -0.15) is 0 Å². The molecule has 2 aromatic heterocycles. The molecule has 0 aliphatic heterocycles. The first-order chi connectivity index (χ1) is 9.81. The molecule has 0 bridgehead atoms. The highest BCUT2D eigenvalue weighted by Gasteiger charge is 2.11. The van der Waals surface area contributed by atoms with Crippen molar-refractivity contribution in [1.29, 1.82) is 0 Å². The van der Waals surface area contributed by atoms with E-state index in [1.807, 2.05) is 24.3 Å². The first-order valence-corrected chi connectivity index (χ1v) is 6.82. The number of hydrogen-bond acceptors (Lipinski definition) is 3. The monoisotopic (exact) mass is 267 g/mol. The Morgan fingerprint density at radius 2 is 2.00 bits per heavy atom. The third-order valence-corrected chi connectivity index (χ3v) is 3.64. The zero-order valence-corrected chi connectivity index (χ0v) is 11.4. The molecule has 3 rings (SSSR count). The lowest BCUT2D eigenvalue weighted by atomic mass is 9.97. The molecule has 0 radical (unpaired) electrons. The van der Waals surface area contributed by atoms with Gasteiger partial charge < -0.3 is 10.1 Å². The number of fused-ring (bicyclic) bond motifs is 1. The molecule has 102 valence electrons. The van der Waals surface area contributed by atoms with E-state index in [0.717, 1.165) is 34.4 Å². The minimum atomic E-state index is 0.174. The van der Waals surface area contributed by atoms with Crippen molar-refractivity contribution in [1.82, 2.24) is 15.0 Å². The minimum Gasteiger partial charge on any atom is -0.396 e. The number of nitrogens with zero attached hydrogens (tertiary/aromatic N) is 2. The zero-order chi connectivity index (χ0) is 13.9. The summed E-state index contributed by atoms with van der Waals surface area (Å²) in [5.41, 5.74) is 4.11. The number of benzene rings is 1. The summed E-state index contributed by atoms with van der Waals surface area (Å²) < 4.78 is 0. The van der Waals surface area contributed by atoms with E-state index in [4.69, 9.17) is 0 Å². The Hall–Kier alpha value is -2.20. The highest BCUT2D eigenvalue weighted by molar-refractivity contribution is 5.80. The lowest BCUT2D eigenvalue weighted by Crippen LogP contribution is -2.02. The van der Waals surface area contributed by atoms with Crippen LogP contribution in [0.3, 0.4) is 0 Å². The summed E-state index contributed by atoms with van der Waals surface area (Å²) in [7, 11) is 0. The Balaban J connectivity index is 2.04. The molecular formula is C16H17N3O. The van der Waals surface area contributed by atoms with Crippen LogP contribution in [0.1, 0.15) is 24.8 Å². The molecule has 2 heterocycles. The van der Waals surface area contributed by atoms with Crippen LogP contribution in [0.5, 0.6) is 0 Å². The van der Waals surface area contributed by atoms with Crippen molar-refractivity contribution in [3.05, 3.63) is 48.3 Å². The van der Waals surface area contributed by atoms with Gasteiger partial charge in [-0.05, 0) is 36.2 Å². The number of imidazole rings is 1. The second-order valence-electron chi connectivity index (χ2n) is 4.89. The van der Waals surface area contributed by atoms with Crippen LogP contribution >= 0.6 is 0 Å². The average molecular weight is 267 g/mol. The first-order valence-electron chi connectivity index (χ1n) is 6.82. The maximum Gasteiger partial charge on any atom is 0.138 e. The molecule has 0 fully saturated rings. The molecule has 1 atom stereocenters. The summed E-state index contributed by atoms with van der Waals surface area (Å²) in [5, 5.41) is 9.40. The number of aromatic nitrogens is 3. The Morgan fingerprint density at radius 1 is 1.20 bits per heavy atom. The lowest BCUT2D eigenvalue weighted by molar-refractivity contribution is 0.262. The number of rotatable bonds is 4. The summed E-state index contributed by atoms with van der Waals surface area (Å²) >= 11 is 0. The van der Waals surface area contributed by atoms with Crippen molar-refractivity contribution in [2.75, 3.05) is 6.61 Å². The Bertz CT molecular complexity index is 702. The third kappa shape index (κ3) is 2.30. The maximum absolute atomic E-state index is 9.40. The van der Waals surface area contributed by atoms with Crippen molar-refractivity contribution < 1.29 is 5.11 Å². The SMILES string of the molecule is CCC(CO)c1ccc2nc(-c3ccncc3)[nH]c2c1. The van der Waals surface area contributed by atoms with Gasteiger partial charge in [-0.1, -0.05) is 13.0 Å². The second kappa shape index (κ2) is 5.43. The van der Waals surface area contributed by atoms with E-state index in [2.05, 4.69) is 27.9 Å². The molecule has 4 nitrogen and oxygen atoms in total. The summed E-state index contributed by atoms with van der Waals surface area (Å²) in [4.78, 5) is 11.9. The normalized spacial score (nSPS) is 12.7. The van der Waals surface area contributed by atoms with Gasteiger partial charge in [0.15, 0.2) is 0 Å². The van der Waals surface area contributed by atoms with Crippen LogP contribution in [0.15, 0.2) is 42.7 Å². The van der Waals surface area contributed by atoms with Gasteiger partial charge in [0.05, 0.1) is 11.0 Å². The number of nitrogens with one attached hydrogen (secondary N) is 1. The van der Waals surface area contributed by atoms with E-state index in [1.165, 1.54) is 0 Å². The third-order valence-electron chi connectivity index (χ3n) is 3.64. The average Bonchev–Trinajstić information content (AvgIpc) is 2.93. The molecule has 1 aromatic carbocycles. The Morgan fingerprint density at radius 3 is 2.70 bits per heavy atom. The van der Waals surface area contributed by atoms with Crippen LogP contribution in [0.2, 0.25) is 0 Å². The van der Waals surface area contributed by atoms with Crippen LogP contribution in [0.4, 0.5) is 0 Å². The van der Waals surface area contributed by atoms with Crippen molar-refractivity contribution in [3.63, 3.8) is 0 Å². The lowest BCUT2D eigenvalue weighted by Gasteiger charge is -2.11. The fraction of sp³-hybridized carbons (Fsp3) is 0.250. The van der Waals surface area contributed by atoms with Crippen LogP contribution in [-0.2, 0) is 0 Å². The van der Waals surface area contributed by atoms with Crippen molar-refractivity contribution >= 4 is 11.0 Å². The van der Waals surface area contributed by atoms with Crippen LogP contribution in [0, 0.1) is 0 Å². The van der Waals surface area contributed by atoms with E-state index in [0.29, 0.717) is 0 Å². The number of pyridine rings is 1. The minimum absolute atomic E-state index is 0.174. The smallest absolute Gasteiger partial charge is 0.138 e. The standard InChI is InChI=1S/C16H17N3O/c1-2-11(10-20)13-3-4-14-15(9-13)19-16(18-14)12-5-7-17-8-6-12/h3-9,11,20H,2,10H2,1H3,(H,18,19).